The molecule has 0 fully saturated rings. The molecule has 1 heterocycles. The summed E-state index contributed by atoms with van der Waals surface area (Å²) in [6.07, 6.45) is 0.518. The van der Waals surface area contributed by atoms with Crippen LogP contribution in [-0.2, 0) is 4.79 Å². The molecule has 1 unspecified atom stereocenters. The molecular formula is C22H20N4O4. The van der Waals surface area contributed by atoms with E-state index in [1.807, 2.05) is 30.3 Å². The summed E-state index contributed by atoms with van der Waals surface area (Å²) < 4.78 is 0. The molecule has 2 aromatic carbocycles. The molecule has 0 bridgehead atoms. The number of rotatable bonds is 5. The second-order valence-corrected chi connectivity index (χ2v) is 6.54. The van der Waals surface area contributed by atoms with Crippen molar-refractivity contribution < 1.29 is 19.9 Å². The van der Waals surface area contributed by atoms with Crippen molar-refractivity contribution in [2.24, 2.45) is 0 Å². The van der Waals surface area contributed by atoms with E-state index < -0.39 is 24.0 Å². The van der Waals surface area contributed by atoms with Crippen LogP contribution in [0, 0.1) is 11.8 Å². The second-order valence-electron chi connectivity index (χ2n) is 6.54. The monoisotopic (exact) mass is 404 g/mol. The number of benzene rings is 2. The molecule has 0 aliphatic heterocycles. The van der Waals surface area contributed by atoms with Crippen molar-refractivity contribution >= 4 is 11.8 Å². The van der Waals surface area contributed by atoms with Gasteiger partial charge < -0.3 is 10.4 Å². The van der Waals surface area contributed by atoms with Gasteiger partial charge in [0.2, 0.25) is 0 Å². The molecule has 0 saturated carbocycles. The summed E-state index contributed by atoms with van der Waals surface area (Å²) in [7, 11) is 0. The summed E-state index contributed by atoms with van der Waals surface area (Å²) >= 11 is 0. The predicted octanol–water partition coefficient (Wildman–Crippen LogP) is 1.46. The number of aliphatic hydroxyl groups is 1. The normalized spacial score (nSPS) is 12.2. The van der Waals surface area contributed by atoms with Crippen molar-refractivity contribution in [2.75, 3.05) is 0 Å². The van der Waals surface area contributed by atoms with Gasteiger partial charge in [-0.25, -0.2) is 5.48 Å². The quantitative estimate of drug-likeness (QED) is 0.250. The van der Waals surface area contributed by atoms with Crippen LogP contribution in [0.4, 0.5) is 0 Å². The maximum absolute atomic E-state index is 12.3. The first-order chi connectivity index (χ1) is 14.5. The number of hydroxylamine groups is 1. The number of aliphatic hydroxyl groups excluding tert-OH is 1. The molecule has 5 N–H and O–H groups in total. The molecular weight excluding hydrogens is 384 g/mol. The van der Waals surface area contributed by atoms with E-state index in [2.05, 4.69) is 27.4 Å². The van der Waals surface area contributed by atoms with Crippen LogP contribution in [0.25, 0.3) is 11.3 Å². The maximum Gasteiger partial charge on any atom is 0.268 e. The zero-order chi connectivity index (χ0) is 21.5. The number of amides is 2. The van der Waals surface area contributed by atoms with Crippen molar-refractivity contribution in [3.8, 4) is 23.1 Å². The molecule has 8 nitrogen and oxygen atoms in total. The van der Waals surface area contributed by atoms with Crippen LogP contribution >= 0.6 is 0 Å². The van der Waals surface area contributed by atoms with Crippen LogP contribution in [0.5, 0.6) is 0 Å². The topological polar surface area (TPSA) is 127 Å². The Morgan fingerprint density at radius 3 is 2.10 bits per heavy atom. The smallest absolute Gasteiger partial charge is 0.268 e. The Balaban J connectivity index is 1.66. The van der Waals surface area contributed by atoms with Crippen molar-refractivity contribution in [3.63, 3.8) is 0 Å². The fraction of sp³-hybridized carbons (Fsp3) is 0.136. The highest BCUT2D eigenvalue weighted by Crippen LogP contribution is 2.16. The number of hydrogen-bond acceptors (Lipinski definition) is 5. The van der Waals surface area contributed by atoms with E-state index in [9.17, 15) is 14.7 Å². The van der Waals surface area contributed by atoms with E-state index in [0.717, 1.165) is 16.8 Å². The van der Waals surface area contributed by atoms with Crippen LogP contribution in [0.3, 0.4) is 0 Å². The number of nitrogens with zero attached hydrogens (tertiary/aromatic N) is 1. The van der Waals surface area contributed by atoms with Gasteiger partial charge in [0.05, 0.1) is 11.8 Å². The lowest BCUT2D eigenvalue weighted by atomic mass is 10.1. The SMILES string of the molecule is C[C@@H](O)C(NC(=O)c1ccc(C#Cc2ccc(-c3ccn[nH]3)cc2)cc1)C(=O)NO. The molecule has 152 valence electrons. The molecule has 30 heavy (non-hydrogen) atoms. The van der Waals surface area contributed by atoms with Gasteiger partial charge in [-0.05, 0) is 55.0 Å². The fourth-order valence-corrected chi connectivity index (χ4v) is 2.70. The Morgan fingerprint density at radius 1 is 1.00 bits per heavy atom. The van der Waals surface area contributed by atoms with Crippen molar-refractivity contribution in [2.45, 2.75) is 19.1 Å². The first-order valence-electron chi connectivity index (χ1n) is 9.12. The first-order valence-corrected chi connectivity index (χ1v) is 9.12. The number of nitrogens with one attached hydrogen (secondary N) is 3. The molecule has 3 rings (SSSR count). The Hall–Kier alpha value is -3.93. The van der Waals surface area contributed by atoms with Crippen molar-refractivity contribution in [3.05, 3.63) is 77.5 Å². The van der Waals surface area contributed by atoms with E-state index >= 15 is 0 Å². The van der Waals surface area contributed by atoms with E-state index in [4.69, 9.17) is 5.21 Å². The van der Waals surface area contributed by atoms with E-state index in [1.165, 1.54) is 12.4 Å². The summed E-state index contributed by atoms with van der Waals surface area (Å²) in [5.74, 6) is 4.63. The molecule has 3 aromatic rings. The number of aromatic amines is 1. The van der Waals surface area contributed by atoms with Crippen molar-refractivity contribution in [1.29, 1.82) is 0 Å². The number of H-pyrrole nitrogens is 1. The Morgan fingerprint density at radius 2 is 1.60 bits per heavy atom. The van der Waals surface area contributed by atoms with Crippen LogP contribution in [0.15, 0.2) is 60.8 Å². The highest BCUT2D eigenvalue weighted by Gasteiger charge is 2.25. The van der Waals surface area contributed by atoms with Gasteiger partial charge in [-0.3, -0.25) is 19.9 Å². The van der Waals surface area contributed by atoms with Crippen LogP contribution in [0.1, 0.15) is 28.4 Å². The molecule has 0 spiro atoms. The Labute approximate surface area is 172 Å². The largest absolute Gasteiger partial charge is 0.391 e. The van der Waals surface area contributed by atoms with Gasteiger partial charge in [-0.15, -0.1) is 0 Å². The summed E-state index contributed by atoms with van der Waals surface area (Å²) in [5, 5.41) is 27.5. The minimum atomic E-state index is -1.27. The van der Waals surface area contributed by atoms with Crippen LogP contribution in [0.2, 0.25) is 0 Å². The third kappa shape index (κ3) is 5.11. The third-order valence-corrected chi connectivity index (χ3v) is 4.36. The lowest BCUT2D eigenvalue weighted by Gasteiger charge is -2.19. The Bertz CT molecular complexity index is 1060. The number of carbonyl (C=O) groups excluding carboxylic acids is 2. The average molecular weight is 404 g/mol. The number of carbonyl (C=O) groups is 2. The minimum Gasteiger partial charge on any atom is -0.391 e. The molecule has 0 saturated heterocycles. The molecule has 0 radical (unpaired) electrons. The highest BCUT2D eigenvalue weighted by atomic mass is 16.5. The van der Waals surface area contributed by atoms with Crippen LogP contribution < -0.4 is 10.8 Å². The fourth-order valence-electron chi connectivity index (χ4n) is 2.70. The molecule has 2 atom stereocenters. The highest BCUT2D eigenvalue weighted by molar-refractivity contribution is 5.97. The van der Waals surface area contributed by atoms with Gasteiger partial charge in [-0.1, -0.05) is 24.0 Å². The summed E-state index contributed by atoms with van der Waals surface area (Å²) in [6.45, 7) is 1.33. The standard InChI is InChI=1S/C22H20N4O4/c1-14(27)20(22(29)26-30)24-21(28)18-10-6-16(7-11-18)3-2-15-4-8-17(9-5-15)19-12-13-23-25-19/h4-14,20,27,30H,1H3,(H,23,25)(H,24,28)(H,26,29)/t14-,20?/m1/s1. The van der Waals surface area contributed by atoms with Gasteiger partial charge in [-0.2, -0.15) is 5.10 Å². The Kier molecular flexibility index (Phi) is 6.60. The van der Waals surface area contributed by atoms with Crippen LogP contribution in [-0.4, -0.2) is 44.5 Å². The summed E-state index contributed by atoms with van der Waals surface area (Å²) in [4.78, 5) is 23.8. The lowest BCUT2D eigenvalue weighted by Crippen LogP contribution is -2.51. The molecule has 0 aliphatic rings. The predicted molar refractivity (Wildman–Crippen MR) is 109 cm³/mol. The number of hydrogen-bond donors (Lipinski definition) is 5. The molecule has 8 heteroatoms. The molecule has 2 amide bonds. The average Bonchev–Trinajstić information content (AvgIpc) is 3.31. The summed E-state index contributed by atoms with van der Waals surface area (Å²) in [6, 6.07) is 14.8. The van der Waals surface area contributed by atoms with Gasteiger partial charge in [0.1, 0.15) is 6.04 Å². The number of aromatic nitrogens is 2. The van der Waals surface area contributed by atoms with E-state index in [0.29, 0.717) is 11.1 Å². The minimum absolute atomic E-state index is 0.292. The molecule has 0 aliphatic carbocycles. The lowest BCUT2D eigenvalue weighted by molar-refractivity contribution is -0.133. The molecule has 1 aromatic heterocycles. The maximum atomic E-state index is 12.3. The zero-order valence-electron chi connectivity index (χ0n) is 16.1. The third-order valence-electron chi connectivity index (χ3n) is 4.36. The van der Waals surface area contributed by atoms with E-state index in [-0.39, 0.29) is 0 Å². The first kappa shape index (κ1) is 20.8. The van der Waals surface area contributed by atoms with Gasteiger partial charge >= 0.3 is 0 Å². The summed E-state index contributed by atoms with van der Waals surface area (Å²) in [5.41, 5.74) is 5.21. The van der Waals surface area contributed by atoms with Gasteiger partial charge in [0.25, 0.3) is 11.8 Å². The second kappa shape index (κ2) is 9.52. The van der Waals surface area contributed by atoms with Crippen molar-refractivity contribution in [1.82, 2.24) is 21.0 Å². The zero-order valence-corrected chi connectivity index (χ0v) is 16.1. The van der Waals surface area contributed by atoms with E-state index in [1.54, 1.807) is 30.5 Å². The van der Waals surface area contributed by atoms with Gasteiger partial charge in [0.15, 0.2) is 0 Å². The van der Waals surface area contributed by atoms with Gasteiger partial charge in [0, 0.05) is 22.9 Å².